The second-order valence-electron chi connectivity index (χ2n) is 8.86. The van der Waals surface area contributed by atoms with Gasteiger partial charge in [0.1, 0.15) is 6.61 Å². The first-order valence-corrected chi connectivity index (χ1v) is 9.64. The first-order chi connectivity index (χ1) is 13.0. The number of esters is 2. The van der Waals surface area contributed by atoms with Gasteiger partial charge in [-0.25, -0.2) is 8.78 Å². The Morgan fingerprint density at radius 1 is 0.889 bits per heavy atom. The molecule has 7 fully saturated rings. The largest absolute Gasteiger partial charge is 0.469 e. The molecule has 6 unspecified atom stereocenters. The summed E-state index contributed by atoms with van der Waals surface area (Å²) in [6.45, 7) is 0.132. The highest BCUT2D eigenvalue weighted by Crippen LogP contribution is 2.90. The van der Waals surface area contributed by atoms with Crippen molar-refractivity contribution in [2.45, 2.75) is 12.5 Å². The van der Waals surface area contributed by atoms with E-state index in [2.05, 4.69) is 0 Å². The van der Waals surface area contributed by atoms with Crippen molar-refractivity contribution in [3.63, 3.8) is 0 Å². The van der Waals surface area contributed by atoms with Gasteiger partial charge in [-0.2, -0.15) is 0 Å². The number of benzene rings is 1. The van der Waals surface area contributed by atoms with E-state index in [4.69, 9.17) is 9.47 Å². The van der Waals surface area contributed by atoms with Gasteiger partial charge in [-0.1, -0.05) is 30.3 Å². The van der Waals surface area contributed by atoms with E-state index < -0.39 is 41.5 Å². The van der Waals surface area contributed by atoms with E-state index in [1.807, 2.05) is 30.3 Å². The molecule has 0 amide bonds. The normalized spacial score (nSPS) is 48.6. The number of hydrogen-bond acceptors (Lipinski definition) is 4. The molecule has 0 N–H and O–H groups in total. The zero-order chi connectivity index (χ0) is 18.7. The minimum absolute atomic E-state index is 0.118. The topological polar surface area (TPSA) is 52.6 Å². The van der Waals surface area contributed by atoms with Gasteiger partial charge in [0, 0.05) is 11.8 Å². The van der Waals surface area contributed by atoms with E-state index in [1.54, 1.807) is 0 Å². The molecular formula is C21H20F2O4. The van der Waals surface area contributed by atoms with Crippen LogP contribution in [0.2, 0.25) is 0 Å². The van der Waals surface area contributed by atoms with Crippen LogP contribution in [0, 0.1) is 59.2 Å². The fraction of sp³-hybridized carbons (Fsp3) is 0.619. The van der Waals surface area contributed by atoms with Crippen molar-refractivity contribution < 1.29 is 27.8 Å². The van der Waals surface area contributed by atoms with E-state index in [1.165, 1.54) is 7.11 Å². The highest BCUT2D eigenvalue weighted by Gasteiger charge is 2.93. The Hall–Kier alpha value is -1.98. The first-order valence-electron chi connectivity index (χ1n) is 9.64. The molecule has 27 heavy (non-hydrogen) atoms. The fourth-order valence-electron chi connectivity index (χ4n) is 7.47. The maximum absolute atomic E-state index is 14.6. The predicted molar refractivity (Wildman–Crippen MR) is 88.1 cm³/mol. The van der Waals surface area contributed by atoms with Crippen LogP contribution < -0.4 is 0 Å². The van der Waals surface area contributed by atoms with Gasteiger partial charge in [0.05, 0.1) is 18.9 Å². The quantitative estimate of drug-likeness (QED) is 0.761. The summed E-state index contributed by atoms with van der Waals surface area (Å²) in [5.41, 5.74) is 0.865. The Labute approximate surface area is 155 Å². The summed E-state index contributed by atoms with van der Waals surface area (Å²) in [7, 11) is 1.31. The Kier molecular flexibility index (Phi) is 2.90. The Morgan fingerprint density at radius 3 is 1.93 bits per heavy atom. The molecule has 7 aliphatic carbocycles. The van der Waals surface area contributed by atoms with Gasteiger partial charge in [-0.3, -0.25) is 9.59 Å². The molecule has 8 atom stereocenters. The zero-order valence-corrected chi connectivity index (χ0v) is 14.8. The van der Waals surface area contributed by atoms with Gasteiger partial charge in [0.25, 0.3) is 5.92 Å². The van der Waals surface area contributed by atoms with E-state index >= 15 is 0 Å². The maximum Gasteiger partial charge on any atom is 0.310 e. The third-order valence-corrected chi connectivity index (χ3v) is 8.12. The molecule has 0 radical (unpaired) electrons. The summed E-state index contributed by atoms with van der Waals surface area (Å²) < 4.78 is 39.7. The number of carbonyl (C=O) groups is 2. The molecule has 4 nitrogen and oxygen atoms in total. The molecule has 0 aliphatic heterocycles. The van der Waals surface area contributed by atoms with Crippen molar-refractivity contribution in [2.75, 3.05) is 7.11 Å². The molecule has 1 aromatic rings. The fourth-order valence-corrected chi connectivity index (χ4v) is 7.47. The van der Waals surface area contributed by atoms with Crippen LogP contribution in [-0.2, 0) is 25.7 Å². The van der Waals surface area contributed by atoms with Gasteiger partial charge in [0.2, 0.25) is 0 Å². The van der Waals surface area contributed by atoms with E-state index in [9.17, 15) is 18.4 Å². The van der Waals surface area contributed by atoms with Crippen LogP contribution in [0.5, 0.6) is 0 Å². The van der Waals surface area contributed by atoms with Gasteiger partial charge in [-0.15, -0.1) is 0 Å². The van der Waals surface area contributed by atoms with Crippen molar-refractivity contribution in [1.29, 1.82) is 0 Å². The van der Waals surface area contributed by atoms with Gasteiger partial charge >= 0.3 is 11.9 Å². The number of methoxy groups -OCH3 is 1. The van der Waals surface area contributed by atoms with Crippen molar-refractivity contribution >= 4 is 11.9 Å². The lowest BCUT2D eigenvalue weighted by Crippen LogP contribution is -2.51. The molecule has 1 aromatic carbocycles. The standard InChI is InChI=1S/C21H20F2O4/c1-26-19(24)15-9-11-13-10(14-12(9)18(14)21(22,23)17(11)13)16(15)20(25)27-7-8-5-3-2-4-6-8/h2-6,9-18H,7H2,1H3/t9?,10?,11?,12?,13?,14?,15-,16+,17?,18?/m1/s1. The molecule has 0 aromatic heterocycles. The number of rotatable bonds is 4. The lowest BCUT2D eigenvalue weighted by Gasteiger charge is -2.44. The summed E-state index contributed by atoms with van der Waals surface area (Å²) >= 11 is 0. The zero-order valence-electron chi connectivity index (χ0n) is 14.8. The van der Waals surface area contributed by atoms with E-state index in [0.717, 1.165) is 5.56 Å². The average molecular weight is 374 g/mol. The number of carbonyl (C=O) groups excluding carboxylic acids is 2. The summed E-state index contributed by atoms with van der Waals surface area (Å²) in [6, 6.07) is 9.33. The molecule has 6 heteroatoms. The highest BCUT2D eigenvalue weighted by atomic mass is 19.3. The molecule has 0 spiro atoms. The monoisotopic (exact) mass is 374 g/mol. The molecular weight excluding hydrogens is 354 g/mol. The van der Waals surface area contributed by atoms with Crippen molar-refractivity contribution in [3.05, 3.63) is 35.9 Å². The van der Waals surface area contributed by atoms with Gasteiger partial charge in [-0.05, 0) is 41.1 Å². The third-order valence-electron chi connectivity index (χ3n) is 8.12. The summed E-state index contributed by atoms with van der Waals surface area (Å²) in [4.78, 5) is 25.5. The van der Waals surface area contributed by atoms with E-state index in [-0.39, 0.29) is 42.1 Å². The predicted octanol–water partition coefficient (Wildman–Crippen LogP) is 2.77. The Bertz CT molecular complexity index is 814. The highest BCUT2D eigenvalue weighted by molar-refractivity contribution is 5.84. The number of fused-ring (bicyclic) bond motifs is 1. The van der Waals surface area contributed by atoms with Crippen LogP contribution in [0.4, 0.5) is 8.78 Å². The SMILES string of the molecule is COC(=O)[C@@H]1C2C3C4C(C5C2C5C(F)(F)C34)[C@@H]1C(=O)OCc1ccccc1. The second kappa shape index (κ2) is 4.89. The second-order valence-corrected chi connectivity index (χ2v) is 8.86. The number of alkyl halides is 2. The summed E-state index contributed by atoms with van der Waals surface area (Å²) in [5.74, 6) is -6.82. The average Bonchev–Trinajstić information content (AvgIpc) is 3.56. The molecule has 8 bridgehead atoms. The lowest BCUT2D eigenvalue weighted by molar-refractivity contribution is -0.173. The van der Waals surface area contributed by atoms with Gasteiger partial charge < -0.3 is 9.47 Å². The van der Waals surface area contributed by atoms with Crippen LogP contribution in [0.15, 0.2) is 30.3 Å². The molecule has 8 rings (SSSR count). The first kappa shape index (κ1) is 16.0. The summed E-state index contributed by atoms with van der Waals surface area (Å²) in [5, 5.41) is 0. The van der Waals surface area contributed by atoms with Crippen molar-refractivity contribution in [3.8, 4) is 0 Å². The smallest absolute Gasteiger partial charge is 0.310 e. The van der Waals surface area contributed by atoms with Crippen LogP contribution in [-0.4, -0.2) is 25.0 Å². The van der Waals surface area contributed by atoms with E-state index in [0.29, 0.717) is 0 Å². The molecule has 7 saturated carbocycles. The van der Waals surface area contributed by atoms with Crippen LogP contribution in [0.1, 0.15) is 5.56 Å². The lowest BCUT2D eigenvalue weighted by atomic mass is 9.58. The summed E-state index contributed by atoms with van der Waals surface area (Å²) in [6.07, 6.45) is 0. The molecule has 142 valence electrons. The van der Waals surface area contributed by atoms with Crippen molar-refractivity contribution in [1.82, 2.24) is 0 Å². The molecule has 7 aliphatic rings. The van der Waals surface area contributed by atoms with Gasteiger partial charge in [0.15, 0.2) is 0 Å². The number of hydrogen-bond donors (Lipinski definition) is 0. The van der Waals surface area contributed by atoms with Crippen LogP contribution in [0.3, 0.4) is 0 Å². The minimum Gasteiger partial charge on any atom is -0.469 e. The van der Waals surface area contributed by atoms with Crippen LogP contribution >= 0.6 is 0 Å². The molecule has 0 saturated heterocycles. The Balaban J connectivity index is 1.31. The molecule has 0 heterocycles. The Morgan fingerprint density at radius 2 is 1.41 bits per heavy atom. The van der Waals surface area contributed by atoms with Crippen LogP contribution in [0.25, 0.3) is 0 Å². The third kappa shape index (κ3) is 1.77. The maximum atomic E-state index is 14.6. The minimum atomic E-state index is -2.62. The number of ether oxygens (including phenoxy) is 2. The number of halogens is 2. The van der Waals surface area contributed by atoms with Crippen molar-refractivity contribution in [2.24, 2.45) is 59.2 Å².